The Morgan fingerprint density at radius 3 is 2.29 bits per heavy atom. The molecule has 2 N–H and O–H groups in total. The zero-order valence-corrected chi connectivity index (χ0v) is 25.6. The van der Waals surface area contributed by atoms with Crippen molar-refractivity contribution in [2.75, 3.05) is 0 Å². The minimum absolute atomic E-state index is 0.00880. The fraction of sp³-hybridized carbons (Fsp3) is 0.676. The van der Waals surface area contributed by atoms with Crippen LogP contribution in [0.5, 0.6) is 0 Å². The van der Waals surface area contributed by atoms with E-state index >= 15 is 0 Å². The van der Waals surface area contributed by atoms with Gasteiger partial charge in [0, 0.05) is 29.1 Å². The van der Waals surface area contributed by atoms with Gasteiger partial charge in [-0.05, 0) is 79.1 Å². The van der Waals surface area contributed by atoms with E-state index in [9.17, 15) is 24.8 Å². The number of carboxylic acid groups (broad SMARTS) is 1. The number of carbonyl (C=O) groups is 3. The highest BCUT2D eigenvalue weighted by molar-refractivity contribution is 6.04. The molecule has 220 valence electrons. The Morgan fingerprint density at radius 1 is 1.05 bits per heavy atom. The fourth-order valence-electron chi connectivity index (χ4n) is 10.2. The van der Waals surface area contributed by atoms with E-state index in [4.69, 9.17) is 0 Å². The lowest BCUT2D eigenvalue weighted by atomic mass is 9.34. The second-order valence-electron chi connectivity index (χ2n) is 15.5. The van der Waals surface area contributed by atoms with Gasteiger partial charge in [-0.25, -0.2) is 4.98 Å². The SMILES string of the molecule is CC1(C)CC[C@]2(C(=O)O)CC[C@]3(C)[C@H](C(=O)C=C4[C@@]5(C)C=C(C#N)C(=O)C(C)(C)[C@@H]5CC[C@]43C)[C@@H]2C1.c1c[nH]cn1. The number of allylic oxidation sites excluding steroid dienone is 4. The molecule has 0 spiro atoms. The number of rotatable bonds is 1. The smallest absolute Gasteiger partial charge is 0.309 e. The number of ketones is 2. The number of carboxylic acids is 1. The number of hydrogen-bond acceptors (Lipinski definition) is 5. The second-order valence-corrected chi connectivity index (χ2v) is 15.5. The van der Waals surface area contributed by atoms with Crippen molar-refractivity contribution in [3.8, 4) is 6.07 Å². The first-order valence-electron chi connectivity index (χ1n) is 15.1. The van der Waals surface area contributed by atoms with Gasteiger partial charge in [0.15, 0.2) is 11.6 Å². The van der Waals surface area contributed by atoms with Gasteiger partial charge >= 0.3 is 5.97 Å². The molecule has 7 heteroatoms. The van der Waals surface area contributed by atoms with Crippen LogP contribution < -0.4 is 0 Å². The maximum Gasteiger partial charge on any atom is 0.309 e. The van der Waals surface area contributed by atoms with Gasteiger partial charge in [0.25, 0.3) is 0 Å². The Bertz CT molecular complexity index is 1360. The first kappa shape index (κ1) is 29.5. The predicted molar refractivity (Wildman–Crippen MR) is 155 cm³/mol. The maximum atomic E-state index is 14.2. The Morgan fingerprint density at radius 2 is 1.73 bits per heavy atom. The first-order chi connectivity index (χ1) is 19.0. The average Bonchev–Trinajstić information content (AvgIpc) is 3.48. The van der Waals surface area contributed by atoms with E-state index in [0.29, 0.717) is 19.3 Å². The van der Waals surface area contributed by atoms with Crippen LogP contribution in [0.3, 0.4) is 0 Å². The highest BCUT2D eigenvalue weighted by atomic mass is 16.4. The summed E-state index contributed by atoms with van der Waals surface area (Å²) in [5.41, 5.74) is -1.49. The van der Waals surface area contributed by atoms with Crippen LogP contribution in [-0.2, 0) is 14.4 Å². The Labute approximate surface area is 243 Å². The van der Waals surface area contributed by atoms with Gasteiger partial charge in [-0.15, -0.1) is 0 Å². The molecule has 41 heavy (non-hydrogen) atoms. The highest BCUT2D eigenvalue weighted by Crippen LogP contribution is 2.74. The first-order valence-corrected chi connectivity index (χ1v) is 15.1. The number of aromatic nitrogens is 2. The number of Topliss-reactive ketones (excluding diaryl/α,β-unsaturated/α-hetero) is 1. The molecule has 0 unspecified atom stereocenters. The Hall–Kier alpha value is -3.01. The zero-order valence-electron chi connectivity index (χ0n) is 25.6. The van der Waals surface area contributed by atoms with Crippen molar-refractivity contribution in [1.29, 1.82) is 5.26 Å². The van der Waals surface area contributed by atoms with E-state index in [2.05, 4.69) is 50.7 Å². The molecular formula is C34H45N3O4. The number of H-pyrrole nitrogens is 1. The van der Waals surface area contributed by atoms with Gasteiger partial charge in [-0.3, -0.25) is 14.4 Å². The quantitative estimate of drug-likeness (QED) is 0.394. The topological polar surface area (TPSA) is 124 Å². The summed E-state index contributed by atoms with van der Waals surface area (Å²) in [5, 5.41) is 20.3. The average molecular weight is 560 g/mol. The van der Waals surface area contributed by atoms with E-state index in [0.717, 1.165) is 31.3 Å². The summed E-state index contributed by atoms with van der Waals surface area (Å²) in [6.45, 7) is 15.0. The number of nitrogens with one attached hydrogen (secondary N) is 1. The number of aromatic amines is 1. The molecule has 1 aromatic rings. The van der Waals surface area contributed by atoms with Crippen LogP contribution in [0.25, 0.3) is 0 Å². The van der Waals surface area contributed by atoms with Crippen LogP contribution in [0.2, 0.25) is 0 Å². The number of hydrogen-bond donors (Lipinski definition) is 2. The minimum atomic E-state index is -0.828. The minimum Gasteiger partial charge on any atom is -0.481 e. The number of carbonyl (C=O) groups excluding carboxylic acids is 2. The summed E-state index contributed by atoms with van der Waals surface area (Å²) in [4.78, 5) is 46.6. The van der Waals surface area contributed by atoms with Crippen molar-refractivity contribution in [3.63, 3.8) is 0 Å². The highest BCUT2D eigenvalue weighted by Gasteiger charge is 2.70. The van der Waals surface area contributed by atoms with Crippen LogP contribution in [0.4, 0.5) is 0 Å². The fourth-order valence-corrected chi connectivity index (χ4v) is 10.2. The number of aliphatic carboxylic acids is 1. The molecule has 0 aromatic carbocycles. The molecule has 3 fully saturated rings. The van der Waals surface area contributed by atoms with Crippen molar-refractivity contribution in [1.82, 2.24) is 9.97 Å². The Kier molecular flexibility index (Phi) is 6.65. The lowest BCUT2D eigenvalue weighted by Gasteiger charge is -2.68. The summed E-state index contributed by atoms with van der Waals surface area (Å²) in [7, 11) is 0. The van der Waals surface area contributed by atoms with Crippen molar-refractivity contribution in [3.05, 3.63) is 42.0 Å². The van der Waals surface area contributed by atoms with Crippen molar-refractivity contribution >= 4 is 17.5 Å². The third-order valence-corrected chi connectivity index (χ3v) is 12.7. The maximum absolute atomic E-state index is 14.2. The van der Waals surface area contributed by atoms with E-state index < -0.39 is 22.2 Å². The van der Waals surface area contributed by atoms with Crippen molar-refractivity contribution in [2.24, 2.45) is 50.2 Å². The number of nitriles is 1. The van der Waals surface area contributed by atoms with Crippen molar-refractivity contribution in [2.45, 2.75) is 93.4 Å². The Balaban J connectivity index is 0.000000610. The van der Waals surface area contributed by atoms with Crippen LogP contribution in [0, 0.1) is 61.6 Å². The molecule has 6 rings (SSSR count). The largest absolute Gasteiger partial charge is 0.481 e. The molecule has 0 saturated heterocycles. The van der Waals surface area contributed by atoms with Crippen LogP contribution in [0.1, 0.15) is 93.4 Å². The van der Waals surface area contributed by atoms with E-state index in [-0.39, 0.29) is 51.1 Å². The number of imidazole rings is 1. The van der Waals surface area contributed by atoms with Gasteiger partial charge in [0.1, 0.15) is 6.07 Å². The zero-order chi connectivity index (χ0) is 30.2. The van der Waals surface area contributed by atoms with Gasteiger partial charge in [-0.2, -0.15) is 5.26 Å². The normalized spacial score (nSPS) is 42.0. The molecule has 0 radical (unpaired) electrons. The third-order valence-electron chi connectivity index (χ3n) is 12.7. The van der Waals surface area contributed by atoms with Crippen LogP contribution in [-0.4, -0.2) is 32.6 Å². The van der Waals surface area contributed by atoms with Crippen molar-refractivity contribution < 1.29 is 19.5 Å². The molecule has 0 amide bonds. The molecular weight excluding hydrogens is 514 g/mol. The van der Waals surface area contributed by atoms with Gasteiger partial charge in [-0.1, -0.05) is 60.1 Å². The monoisotopic (exact) mass is 559 g/mol. The van der Waals surface area contributed by atoms with E-state index in [1.807, 2.05) is 26.0 Å². The molecule has 1 aromatic heterocycles. The predicted octanol–water partition coefficient (Wildman–Crippen LogP) is 6.70. The summed E-state index contributed by atoms with van der Waals surface area (Å²) in [5.74, 6) is -1.27. The van der Waals surface area contributed by atoms with Gasteiger partial charge in [0.05, 0.1) is 17.3 Å². The lowest BCUT2D eigenvalue weighted by molar-refractivity contribution is -0.188. The second kappa shape index (κ2) is 9.24. The summed E-state index contributed by atoms with van der Waals surface area (Å²) in [6.07, 6.45) is 14.1. The molecule has 3 saturated carbocycles. The molecule has 7 atom stereocenters. The van der Waals surface area contributed by atoms with Gasteiger partial charge in [0.2, 0.25) is 0 Å². The molecule has 1 heterocycles. The molecule has 5 aliphatic rings. The summed E-state index contributed by atoms with van der Waals surface area (Å²) < 4.78 is 0. The van der Waals surface area contributed by atoms with Gasteiger partial charge < -0.3 is 10.1 Å². The molecule has 0 aliphatic heterocycles. The molecule has 0 bridgehead atoms. The number of fused-ring (bicyclic) bond motifs is 7. The standard InChI is InChI=1S/C31H41NO4.C3H4N2/c1-26(2)10-12-31(25(35)36)13-11-30(7)23(19(31)16-26)20(33)14-22-28(5)15-18(17-32)24(34)27(3,4)21(28)8-9-29(22,30)6;1-2-5-3-4-1/h14-15,19,21,23H,8-13,16H2,1-7H3,(H,35,36);1-3H,(H,4,5)/t19-,21-,23-,28-,29+,30+,31-;/m0./s1. The van der Waals surface area contributed by atoms with E-state index in [1.54, 1.807) is 18.7 Å². The summed E-state index contributed by atoms with van der Waals surface area (Å²) >= 11 is 0. The molecule has 5 aliphatic carbocycles. The summed E-state index contributed by atoms with van der Waals surface area (Å²) in [6, 6.07) is 2.15. The van der Waals surface area contributed by atoms with E-state index in [1.165, 1.54) is 0 Å². The third kappa shape index (κ3) is 3.96. The van der Waals surface area contributed by atoms with Crippen LogP contribution >= 0.6 is 0 Å². The molecule has 7 nitrogen and oxygen atoms in total. The lowest BCUT2D eigenvalue weighted by Crippen LogP contribution is -2.65. The number of nitrogens with zero attached hydrogens (tertiary/aromatic N) is 2. The van der Waals surface area contributed by atoms with Crippen LogP contribution in [0.15, 0.2) is 42.0 Å².